The van der Waals surface area contributed by atoms with Crippen molar-refractivity contribution in [2.24, 2.45) is 0 Å². The van der Waals surface area contributed by atoms with Crippen LogP contribution in [0.1, 0.15) is 16.2 Å². The molecule has 0 radical (unpaired) electrons. The van der Waals surface area contributed by atoms with Crippen LogP contribution < -0.4 is 5.73 Å². The third-order valence-corrected chi connectivity index (χ3v) is 3.17. The van der Waals surface area contributed by atoms with E-state index in [0.29, 0.717) is 31.0 Å². The molecule has 0 atom stereocenters. The standard InChI is InChI=1S/C12H17N5O/c1-3-4-16-5-7-17(8-6-16)12(18)11-10(13)9(2)14-15-11/h1H,4-8,13H2,2H3,(H,14,15). The summed E-state index contributed by atoms with van der Waals surface area (Å²) in [6.07, 6.45) is 5.26. The van der Waals surface area contributed by atoms with E-state index in [4.69, 9.17) is 12.2 Å². The number of piperazine rings is 1. The number of terminal acetylenes is 1. The van der Waals surface area contributed by atoms with Gasteiger partial charge in [0.05, 0.1) is 17.9 Å². The number of H-pyrrole nitrogens is 1. The molecule has 0 unspecified atom stereocenters. The Morgan fingerprint density at radius 3 is 2.67 bits per heavy atom. The predicted octanol–water partition coefficient (Wildman–Crippen LogP) is -0.309. The largest absolute Gasteiger partial charge is 0.395 e. The molecule has 2 rings (SSSR count). The van der Waals surface area contributed by atoms with E-state index in [9.17, 15) is 4.79 Å². The molecule has 3 N–H and O–H groups in total. The number of nitrogens with zero attached hydrogens (tertiary/aromatic N) is 3. The van der Waals surface area contributed by atoms with Gasteiger partial charge in [0.1, 0.15) is 0 Å². The summed E-state index contributed by atoms with van der Waals surface area (Å²) in [4.78, 5) is 16.1. The van der Waals surface area contributed by atoms with Crippen LogP contribution in [0.4, 0.5) is 5.69 Å². The second-order valence-electron chi connectivity index (χ2n) is 4.38. The molecule has 0 aliphatic carbocycles. The number of amides is 1. The fraction of sp³-hybridized carbons (Fsp3) is 0.500. The van der Waals surface area contributed by atoms with Crippen molar-refractivity contribution >= 4 is 11.6 Å². The number of aromatic amines is 1. The Balaban J connectivity index is 2.00. The van der Waals surface area contributed by atoms with Crippen LogP contribution in [0.3, 0.4) is 0 Å². The van der Waals surface area contributed by atoms with Gasteiger partial charge in [-0.05, 0) is 6.92 Å². The van der Waals surface area contributed by atoms with Crippen LogP contribution in [0.2, 0.25) is 0 Å². The molecule has 1 aromatic rings. The minimum atomic E-state index is -0.114. The van der Waals surface area contributed by atoms with Crippen molar-refractivity contribution in [1.29, 1.82) is 0 Å². The molecule has 2 heterocycles. The molecule has 1 saturated heterocycles. The minimum absolute atomic E-state index is 0.114. The highest BCUT2D eigenvalue weighted by molar-refractivity contribution is 5.97. The van der Waals surface area contributed by atoms with Crippen LogP contribution in [0.5, 0.6) is 0 Å². The van der Waals surface area contributed by atoms with E-state index < -0.39 is 0 Å². The SMILES string of the molecule is C#CCN1CCN(C(=O)c2n[nH]c(C)c2N)CC1. The molecule has 0 saturated carbocycles. The normalized spacial score (nSPS) is 16.6. The quantitative estimate of drug-likeness (QED) is 0.703. The second kappa shape index (κ2) is 5.10. The molecule has 1 amide bonds. The molecule has 18 heavy (non-hydrogen) atoms. The summed E-state index contributed by atoms with van der Waals surface area (Å²) >= 11 is 0. The summed E-state index contributed by atoms with van der Waals surface area (Å²) in [7, 11) is 0. The number of nitrogens with one attached hydrogen (secondary N) is 1. The number of carbonyl (C=O) groups excluding carboxylic acids is 1. The Hall–Kier alpha value is -2.00. The number of aromatic nitrogens is 2. The zero-order valence-electron chi connectivity index (χ0n) is 10.4. The maximum atomic E-state index is 12.2. The third-order valence-electron chi connectivity index (χ3n) is 3.17. The van der Waals surface area contributed by atoms with Gasteiger partial charge in [-0.2, -0.15) is 5.10 Å². The maximum Gasteiger partial charge on any atom is 0.276 e. The average molecular weight is 247 g/mol. The van der Waals surface area contributed by atoms with Crippen LogP contribution in [0, 0.1) is 19.3 Å². The topological polar surface area (TPSA) is 78.2 Å². The van der Waals surface area contributed by atoms with Crippen molar-refractivity contribution in [1.82, 2.24) is 20.0 Å². The van der Waals surface area contributed by atoms with E-state index in [2.05, 4.69) is 21.0 Å². The number of nitrogen functional groups attached to an aromatic ring is 1. The first-order valence-electron chi connectivity index (χ1n) is 5.89. The number of hydrogen-bond donors (Lipinski definition) is 2. The van der Waals surface area contributed by atoms with Crippen molar-refractivity contribution in [2.75, 3.05) is 38.5 Å². The van der Waals surface area contributed by atoms with Gasteiger partial charge in [-0.25, -0.2) is 0 Å². The molecule has 6 heteroatoms. The van der Waals surface area contributed by atoms with Crippen molar-refractivity contribution in [3.8, 4) is 12.3 Å². The van der Waals surface area contributed by atoms with Crippen LogP contribution >= 0.6 is 0 Å². The lowest BCUT2D eigenvalue weighted by molar-refractivity contribution is 0.0647. The number of aryl methyl sites for hydroxylation is 1. The number of carbonyl (C=O) groups is 1. The van der Waals surface area contributed by atoms with E-state index in [1.165, 1.54) is 0 Å². The summed E-state index contributed by atoms with van der Waals surface area (Å²) in [6.45, 7) is 5.33. The van der Waals surface area contributed by atoms with Crippen LogP contribution in [-0.4, -0.2) is 58.6 Å². The molecule has 1 fully saturated rings. The summed E-state index contributed by atoms with van der Waals surface area (Å²) in [5.74, 6) is 2.50. The lowest BCUT2D eigenvalue weighted by Crippen LogP contribution is -2.48. The molecule has 6 nitrogen and oxygen atoms in total. The number of hydrogen-bond acceptors (Lipinski definition) is 4. The highest BCUT2D eigenvalue weighted by Crippen LogP contribution is 2.15. The van der Waals surface area contributed by atoms with Gasteiger partial charge >= 0.3 is 0 Å². The van der Waals surface area contributed by atoms with Crippen molar-refractivity contribution in [3.63, 3.8) is 0 Å². The van der Waals surface area contributed by atoms with Crippen LogP contribution in [-0.2, 0) is 0 Å². The van der Waals surface area contributed by atoms with Gasteiger partial charge in [0.2, 0.25) is 0 Å². The lowest BCUT2D eigenvalue weighted by atomic mass is 10.2. The van der Waals surface area contributed by atoms with Crippen LogP contribution in [0.15, 0.2) is 0 Å². The van der Waals surface area contributed by atoms with Gasteiger partial charge in [-0.15, -0.1) is 6.42 Å². The highest BCUT2D eigenvalue weighted by Gasteiger charge is 2.25. The molecule has 1 aliphatic heterocycles. The van der Waals surface area contributed by atoms with E-state index in [1.807, 2.05) is 0 Å². The van der Waals surface area contributed by atoms with Crippen molar-refractivity contribution in [3.05, 3.63) is 11.4 Å². The van der Waals surface area contributed by atoms with Gasteiger partial charge in [0, 0.05) is 26.2 Å². The first kappa shape index (κ1) is 12.5. The van der Waals surface area contributed by atoms with E-state index >= 15 is 0 Å². The smallest absolute Gasteiger partial charge is 0.276 e. The first-order valence-corrected chi connectivity index (χ1v) is 5.89. The summed E-state index contributed by atoms with van der Waals surface area (Å²) in [5.41, 5.74) is 7.29. The first-order chi connectivity index (χ1) is 8.63. The fourth-order valence-corrected chi connectivity index (χ4v) is 1.99. The Morgan fingerprint density at radius 2 is 2.17 bits per heavy atom. The van der Waals surface area contributed by atoms with Gasteiger partial charge in [-0.1, -0.05) is 5.92 Å². The lowest BCUT2D eigenvalue weighted by Gasteiger charge is -2.33. The maximum absolute atomic E-state index is 12.2. The zero-order valence-corrected chi connectivity index (χ0v) is 10.4. The summed E-state index contributed by atoms with van der Waals surface area (Å²) < 4.78 is 0. The Kier molecular flexibility index (Phi) is 3.53. The number of nitrogens with two attached hydrogens (primary N) is 1. The molecular weight excluding hydrogens is 230 g/mol. The molecule has 0 spiro atoms. The molecular formula is C12H17N5O. The second-order valence-corrected chi connectivity index (χ2v) is 4.38. The minimum Gasteiger partial charge on any atom is -0.395 e. The van der Waals surface area contributed by atoms with Gasteiger partial charge in [0.15, 0.2) is 5.69 Å². The monoisotopic (exact) mass is 247 g/mol. The molecule has 0 aromatic carbocycles. The van der Waals surface area contributed by atoms with Gasteiger partial charge in [-0.3, -0.25) is 14.8 Å². The molecule has 1 aromatic heterocycles. The fourth-order valence-electron chi connectivity index (χ4n) is 1.99. The summed E-state index contributed by atoms with van der Waals surface area (Å²) in [5, 5.41) is 6.69. The van der Waals surface area contributed by atoms with Gasteiger partial charge < -0.3 is 10.6 Å². The van der Waals surface area contributed by atoms with Crippen molar-refractivity contribution < 1.29 is 4.79 Å². The number of anilines is 1. The predicted molar refractivity (Wildman–Crippen MR) is 68.9 cm³/mol. The third kappa shape index (κ3) is 2.31. The van der Waals surface area contributed by atoms with E-state index in [-0.39, 0.29) is 5.91 Å². The van der Waals surface area contributed by atoms with E-state index in [1.54, 1.807) is 11.8 Å². The van der Waals surface area contributed by atoms with Crippen LogP contribution in [0.25, 0.3) is 0 Å². The Bertz CT molecular complexity index is 479. The van der Waals surface area contributed by atoms with E-state index in [0.717, 1.165) is 18.8 Å². The van der Waals surface area contributed by atoms with Crippen molar-refractivity contribution in [2.45, 2.75) is 6.92 Å². The Labute approximate surface area is 106 Å². The Morgan fingerprint density at radius 1 is 1.50 bits per heavy atom. The molecule has 1 aliphatic rings. The average Bonchev–Trinajstić information content (AvgIpc) is 2.71. The number of rotatable bonds is 2. The zero-order chi connectivity index (χ0) is 13.1. The van der Waals surface area contributed by atoms with Gasteiger partial charge in [0.25, 0.3) is 5.91 Å². The summed E-state index contributed by atoms with van der Waals surface area (Å²) in [6, 6.07) is 0. The molecule has 0 bridgehead atoms. The molecule has 96 valence electrons. The highest BCUT2D eigenvalue weighted by atomic mass is 16.2.